The molecule has 0 saturated carbocycles. The van der Waals surface area contributed by atoms with Crippen LogP contribution >= 0.6 is 28.3 Å². The van der Waals surface area contributed by atoms with Crippen LogP contribution in [-0.4, -0.2) is 35.8 Å². The first-order valence-electron chi connectivity index (χ1n) is 6.65. The highest BCUT2D eigenvalue weighted by atomic mass is 79.9. The van der Waals surface area contributed by atoms with Crippen molar-refractivity contribution in [3.05, 3.63) is 34.3 Å². The minimum atomic E-state index is -0.300. The van der Waals surface area contributed by atoms with Crippen molar-refractivity contribution in [1.82, 2.24) is 4.90 Å². The number of piperidine rings is 1. The number of carbonyl (C=O) groups excluding carboxylic acids is 2. The van der Waals surface area contributed by atoms with Crippen molar-refractivity contribution in [2.24, 2.45) is 22.4 Å². The van der Waals surface area contributed by atoms with Gasteiger partial charge in [-0.15, -0.1) is 12.4 Å². The van der Waals surface area contributed by atoms with E-state index in [1.165, 1.54) is 0 Å². The number of nitrogens with zero attached hydrogens (tertiary/aromatic N) is 2. The summed E-state index contributed by atoms with van der Waals surface area (Å²) < 4.78 is 0.931. The van der Waals surface area contributed by atoms with E-state index < -0.39 is 0 Å². The highest BCUT2D eigenvalue weighted by molar-refractivity contribution is 9.10. The van der Waals surface area contributed by atoms with E-state index in [0.717, 1.165) is 4.47 Å². The Morgan fingerprint density at radius 1 is 1.14 bits per heavy atom. The molecular weight excluding hydrogens is 372 g/mol. The molecule has 2 rings (SSSR count). The molecule has 0 radical (unpaired) electrons. The molecule has 0 unspecified atom stereocenters. The Balaban J connectivity index is 0.00000242. The zero-order valence-electron chi connectivity index (χ0n) is 11.9. The van der Waals surface area contributed by atoms with E-state index in [1.54, 1.807) is 17.0 Å². The van der Waals surface area contributed by atoms with Gasteiger partial charge in [0.15, 0.2) is 5.96 Å². The maximum absolute atomic E-state index is 12.3. The first kappa shape index (κ1) is 18.4. The van der Waals surface area contributed by atoms with Gasteiger partial charge in [-0.05, 0) is 37.1 Å². The van der Waals surface area contributed by atoms with Crippen molar-refractivity contribution in [1.29, 1.82) is 0 Å². The van der Waals surface area contributed by atoms with Crippen LogP contribution in [0, 0.1) is 5.92 Å². The van der Waals surface area contributed by atoms with Gasteiger partial charge in [-0.3, -0.25) is 9.59 Å². The van der Waals surface area contributed by atoms with Gasteiger partial charge < -0.3 is 16.4 Å². The highest BCUT2D eigenvalue weighted by Crippen LogP contribution is 2.21. The number of amides is 2. The standard InChI is InChI=1S/C14H17BrN4O2.ClH/c15-11-3-1-10(2-4-11)13(21)19-7-5-9(6-8-19)12(20)18-14(16)17;/h1-4,9H,5-8H2,(H4,16,17,18,20);1H. The molecule has 22 heavy (non-hydrogen) atoms. The molecule has 0 atom stereocenters. The van der Waals surface area contributed by atoms with E-state index in [4.69, 9.17) is 11.5 Å². The number of rotatable bonds is 2. The molecule has 1 aromatic carbocycles. The molecule has 6 nitrogen and oxygen atoms in total. The predicted molar refractivity (Wildman–Crippen MR) is 90.8 cm³/mol. The fraction of sp³-hybridized carbons (Fsp3) is 0.357. The summed E-state index contributed by atoms with van der Waals surface area (Å²) in [6, 6.07) is 7.23. The predicted octanol–water partition coefficient (Wildman–Crippen LogP) is 1.52. The van der Waals surface area contributed by atoms with Gasteiger partial charge in [-0.2, -0.15) is 4.99 Å². The van der Waals surface area contributed by atoms with Gasteiger partial charge >= 0.3 is 0 Å². The van der Waals surface area contributed by atoms with Gasteiger partial charge in [-0.1, -0.05) is 15.9 Å². The molecule has 0 bridgehead atoms. The quantitative estimate of drug-likeness (QED) is 0.591. The van der Waals surface area contributed by atoms with Gasteiger partial charge in [0.05, 0.1) is 0 Å². The zero-order chi connectivity index (χ0) is 15.4. The van der Waals surface area contributed by atoms with Crippen LogP contribution in [0.15, 0.2) is 33.7 Å². The lowest BCUT2D eigenvalue weighted by Gasteiger charge is -2.30. The van der Waals surface area contributed by atoms with E-state index in [0.29, 0.717) is 31.5 Å². The van der Waals surface area contributed by atoms with Crippen LogP contribution < -0.4 is 11.5 Å². The highest BCUT2D eigenvalue weighted by Gasteiger charge is 2.27. The summed E-state index contributed by atoms with van der Waals surface area (Å²) in [7, 11) is 0. The largest absolute Gasteiger partial charge is 0.370 e. The lowest BCUT2D eigenvalue weighted by atomic mass is 9.95. The van der Waals surface area contributed by atoms with Crippen molar-refractivity contribution < 1.29 is 9.59 Å². The summed E-state index contributed by atoms with van der Waals surface area (Å²) >= 11 is 3.34. The van der Waals surface area contributed by atoms with Crippen LogP contribution in [0.25, 0.3) is 0 Å². The number of carbonyl (C=O) groups is 2. The third kappa shape index (κ3) is 4.71. The molecule has 120 valence electrons. The molecule has 0 spiro atoms. The normalized spacial score (nSPS) is 14.9. The van der Waals surface area contributed by atoms with Crippen molar-refractivity contribution >= 4 is 46.1 Å². The van der Waals surface area contributed by atoms with Crippen molar-refractivity contribution in [2.45, 2.75) is 12.8 Å². The van der Waals surface area contributed by atoms with Gasteiger partial charge in [0.1, 0.15) is 0 Å². The fourth-order valence-electron chi connectivity index (χ4n) is 2.32. The van der Waals surface area contributed by atoms with Gasteiger partial charge in [0.25, 0.3) is 11.8 Å². The minimum Gasteiger partial charge on any atom is -0.370 e. The van der Waals surface area contributed by atoms with Crippen molar-refractivity contribution in [2.75, 3.05) is 13.1 Å². The van der Waals surface area contributed by atoms with Gasteiger partial charge in [0.2, 0.25) is 0 Å². The summed E-state index contributed by atoms with van der Waals surface area (Å²) in [4.78, 5) is 29.4. The Bertz CT molecular complexity index is 565. The summed E-state index contributed by atoms with van der Waals surface area (Å²) in [5.74, 6) is -0.740. The Morgan fingerprint density at radius 3 is 2.18 bits per heavy atom. The lowest BCUT2D eigenvalue weighted by molar-refractivity contribution is -0.122. The first-order valence-corrected chi connectivity index (χ1v) is 7.45. The molecule has 1 heterocycles. The molecule has 2 amide bonds. The Labute approximate surface area is 143 Å². The number of halogens is 2. The second-order valence-corrected chi connectivity index (χ2v) is 5.86. The molecule has 0 aliphatic carbocycles. The Morgan fingerprint density at radius 2 is 1.68 bits per heavy atom. The molecule has 4 N–H and O–H groups in total. The summed E-state index contributed by atoms with van der Waals surface area (Å²) in [6.07, 6.45) is 1.16. The Kier molecular flexibility index (Phi) is 6.83. The molecular formula is C14H18BrClN4O2. The molecule has 1 fully saturated rings. The van der Waals surface area contributed by atoms with Crippen LogP contribution in [0.2, 0.25) is 0 Å². The topological polar surface area (TPSA) is 102 Å². The summed E-state index contributed by atoms with van der Waals surface area (Å²) in [5.41, 5.74) is 11.1. The van der Waals surface area contributed by atoms with Crippen LogP contribution in [0.4, 0.5) is 0 Å². The van der Waals surface area contributed by atoms with Crippen LogP contribution in [0.5, 0.6) is 0 Å². The van der Waals surface area contributed by atoms with E-state index >= 15 is 0 Å². The maximum atomic E-state index is 12.3. The summed E-state index contributed by atoms with van der Waals surface area (Å²) in [5, 5.41) is 0. The molecule has 8 heteroatoms. The van der Waals surface area contributed by atoms with E-state index in [-0.39, 0.29) is 36.1 Å². The SMILES string of the molecule is Cl.NC(N)=NC(=O)C1CCN(C(=O)c2ccc(Br)cc2)CC1. The lowest BCUT2D eigenvalue weighted by Crippen LogP contribution is -2.40. The van der Waals surface area contributed by atoms with Crippen LogP contribution in [0.1, 0.15) is 23.2 Å². The summed E-state index contributed by atoms with van der Waals surface area (Å²) in [6.45, 7) is 1.07. The van der Waals surface area contributed by atoms with Gasteiger partial charge in [-0.25, -0.2) is 0 Å². The molecule has 0 aromatic heterocycles. The smallest absolute Gasteiger partial charge is 0.253 e. The fourth-order valence-corrected chi connectivity index (χ4v) is 2.59. The number of nitrogens with two attached hydrogens (primary N) is 2. The number of hydrogen-bond donors (Lipinski definition) is 2. The second kappa shape index (κ2) is 8.14. The second-order valence-electron chi connectivity index (χ2n) is 4.95. The average molecular weight is 390 g/mol. The molecule has 1 aliphatic rings. The zero-order valence-corrected chi connectivity index (χ0v) is 14.3. The maximum Gasteiger partial charge on any atom is 0.253 e. The number of hydrogen-bond acceptors (Lipinski definition) is 2. The van der Waals surface area contributed by atoms with Crippen LogP contribution in [0.3, 0.4) is 0 Å². The third-order valence-electron chi connectivity index (χ3n) is 3.46. The average Bonchev–Trinajstić information content (AvgIpc) is 2.47. The van der Waals surface area contributed by atoms with Crippen molar-refractivity contribution in [3.63, 3.8) is 0 Å². The monoisotopic (exact) mass is 388 g/mol. The minimum absolute atomic E-state index is 0. The van der Waals surface area contributed by atoms with E-state index in [1.807, 2.05) is 12.1 Å². The number of likely N-dealkylation sites (tertiary alicyclic amines) is 1. The van der Waals surface area contributed by atoms with E-state index in [2.05, 4.69) is 20.9 Å². The van der Waals surface area contributed by atoms with Gasteiger partial charge in [0, 0.05) is 29.0 Å². The molecule has 1 saturated heterocycles. The van der Waals surface area contributed by atoms with Crippen LogP contribution in [-0.2, 0) is 4.79 Å². The Hall–Kier alpha value is -1.60. The molecule has 1 aromatic rings. The molecule has 1 aliphatic heterocycles. The van der Waals surface area contributed by atoms with Crippen molar-refractivity contribution in [3.8, 4) is 0 Å². The first-order chi connectivity index (χ1) is 9.97. The number of guanidine groups is 1. The van der Waals surface area contributed by atoms with E-state index in [9.17, 15) is 9.59 Å². The third-order valence-corrected chi connectivity index (χ3v) is 3.99. The number of benzene rings is 1. The number of aliphatic imine (C=N–C) groups is 1.